The Morgan fingerprint density at radius 3 is 2.55 bits per heavy atom. The Balaban J connectivity index is 1.74. The molecule has 1 amide bonds. The van der Waals surface area contributed by atoms with Crippen LogP contribution in [0.4, 0.5) is 5.69 Å². The zero-order valence-electron chi connectivity index (χ0n) is 17.2. The van der Waals surface area contributed by atoms with Gasteiger partial charge < -0.3 is 14.8 Å². The Morgan fingerprint density at radius 1 is 1.10 bits per heavy atom. The maximum absolute atomic E-state index is 12.5. The second-order valence-corrected chi connectivity index (χ2v) is 7.73. The predicted molar refractivity (Wildman–Crippen MR) is 125 cm³/mol. The number of benzene rings is 3. The molecule has 6 heteroatoms. The number of nitriles is 1. The molecule has 3 aromatic rings. The fraction of sp³-hybridized carbons (Fsp3) is 0.120. The molecule has 0 aromatic heterocycles. The highest BCUT2D eigenvalue weighted by atomic mass is 79.9. The smallest absolute Gasteiger partial charge is 0.266 e. The first-order valence-corrected chi connectivity index (χ1v) is 10.3. The third-order valence-electron chi connectivity index (χ3n) is 4.46. The summed E-state index contributed by atoms with van der Waals surface area (Å²) in [6.07, 6.45) is 1.51. The van der Waals surface area contributed by atoms with Crippen molar-refractivity contribution in [2.24, 2.45) is 0 Å². The number of hydrogen-bond donors (Lipinski definition) is 1. The van der Waals surface area contributed by atoms with Crippen molar-refractivity contribution in [3.63, 3.8) is 0 Å². The lowest BCUT2D eigenvalue weighted by Crippen LogP contribution is -2.13. The highest BCUT2D eigenvalue weighted by molar-refractivity contribution is 9.10. The van der Waals surface area contributed by atoms with Crippen molar-refractivity contribution in [2.45, 2.75) is 13.5 Å². The Kier molecular flexibility index (Phi) is 7.47. The standard InChI is InChI=1S/C25H21BrN2O3/c1-17-6-8-18(9-7-17)16-31-23-11-10-19(13-24(23)30-2)12-20(15-27)25(29)28-22-5-3-4-21(26)14-22/h3-14H,16H2,1-2H3,(H,28,29)/b20-12-. The number of aryl methyl sites for hydroxylation is 1. The van der Waals surface area contributed by atoms with Gasteiger partial charge in [0, 0.05) is 10.2 Å². The van der Waals surface area contributed by atoms with Gasteiger partial charge in [0.05, 0.1) is 7.11 Å². The van der Waals surface area contributed by atoms with E-state index in [1.807, 2.05) is 43.3 Å². The fourth-order valence-electron chi connectivity index (χ4n) is 2.82. The van der Waals surface area contributed by atoms with Gasteiger partial charge in [-0.05, 0) is 54.5 Å². The summed E-state index contributed by atoms with van der Waals surface area (Å²) in [6, 6.07) is 22.5. The average Bonchev–Trinajstić information content (AvgIpc) is 2.77. The average molecular weight is 477 g/mol. The zero-order valence-corrected chi connectivity index (χ0v) is 18.8. The molecule has 0 aliphatic carbocycles. The van der Waals surface area contributed by atoms with Gasteiger partial charge in [-0.15, -0.1) is 0 Å². The maximum Gasteiger partial charge on any atom is 0.266 e. The van der Waals surface area contributed by atoms with E-state index < -0.39 is 5.91 Å². The quantitative estimate of drug-likeness (QED) is 0.340. The molecule has 0 saturated carbocycles. The summed E-state index contributed by atoms with van der Waals surface area (Å²) in [4.78, 5) is 12.5. The van der Waals surface area contributed by atoms with E-state index in [4.69, 9.17) is 9.47 Å². The molecule has 0 aliphatic heterocycles. The van der Waals surface area contributed by atoms with E-state index in [9.17, 15) is 10.1 Å². The van der Waals surface area contributed by atoms with Crippen LogP contribution in [-0.4, -0.2) is 13.0 Å². The minimum Gasteiger partial charge on any atom is -0.493 e. The van der Waals surface area contributed by atoms with Crippen LogP contribution in [0.2, 0.25) is 0 Å². The topological polar surface area (TPSA) is 71.3 Å². The van der Waals surface area contributed by atoms with E-state index >= 15 is 0 Å². The number of methoxy groups -OCH3 is 1. The van der Waals surface area contributed by atoms with Crippen LogP contribution in [0, 0.1) is 18.3 Å². The lowest BCUT2D eigenvalue weighted by Gasteiger charge is -2.12. The van der Waals surface area contributed by atoms with Crippen LogP contribution in [0.25, 0.3) is 6.08 Å². The van der Waals surface area contributed by atoms with Crippen molar-refractivity contribution in [1.82, 2.24) is 0 Å². The van der Waals surface area contributed by atoms with E-state index in [2.05, 4.69) is 21.2 Å². The summed E-state index contributed by atoms with van der Waals surface area (Å²) < 4.78 is 12.2. The molecule has 31 heavy (non-hydrogen) atoms. The number of amides is 1. The Labute approximate surface area is 190 Å². The van der Waals surface area contributed by atoms with Crippen LogP contribution in [0.1, 0.15) is 16.7 Å². The van der Waals surface area contributed by atoms with Gasteiger partial charge in [0.1, 0.15) is 18.2 Å². The first kappa shape index (κ1) is 22.1. The van der Waals surface area contributed by atoms with Gasteiger partial charge >= 0.3 is 0 Å². The first-order valence-electron chi connectivity index (χ1n) is 9.53. The number of halogens is 1. The first-order chi connectivity index (χ1) is 15.0. The molecule has 0 unspecified atom stereocenters. The molecule has 0 fully saturated rings. The van der Waals surface area contributed by atoms with E-state index in [1.165, 1.54) is 11.6 Å². The molecule has 3 rings (SSSR count). The van der Waals surface area contributed by atoms with Crippen molar-refractivity contribution >= 4 is 33.6 Å². The molecule has 1 N–H and O–H groups in total. The largest absolute Gasteiger partial charge is 0.493 e. The van der Waals surface area contributed by atoms with Gasteiger partial charge in [-0.2, -0.15) is 5.26 Å². The Hall–Kier alpha value is -3.56. The van der Waals surface area contributed by atoms with Crippen molar-refractivity contribution < 1.29 is 14.3 Å². The SMILES string of the molecule is COc1cc(/C=C(/C#N)C(=O)Nc2cccc(Br)c2)ccc1OCc1ccc(C)cc1. The van der Waals surface area contributed by atoms with Gasteiger partial charge in [0.15, 0.2) is 11.5 Å². The molecule has 0 saturated heterocycles. The molecule has 0 radical (unpaired) electrons. The predicted octanol–water partition coefficient (Wildman–Crippen LogP) is 5.89. The maximum atomic E-state index is 12.5. The lowest BCUT2D eigenvalue weighted by molar-refractivity contribution is -0.112. The van der Waals surface area contributed by atoms with Crippen LogP contribution >= 0.6 is 15.9 Å². The minimum atomic E-state index is -0.487. The van der Waals surface area contributed by atoms with Crippen LogP contribution in [0.5, 0.6) is 11.5 Å². The molecule has 0 spiro atoms. The van der Waals surface area contributed by atoms with Crippen molar-refractivity contribution in [3.8, 4) is 17.6 Å². The summed E-state index contributed by atoms with van der Waals surface area (Å²) in [5.41, 5.74) is 3.47. The number of ether oxygens (including phenoxy) is 2. The van der Waals surface area contributed by atoms with Crippen molar-refractivity contribution in [1.29, 1.82) is 5.26 Å². The molecular formula is C25H21BrN2O3. The summed E-state index contributed by atoms with van der Waals surface area (Å²) in [5, 5.41) is 12.2. The number of nitrogens with zero attached hydrogens (tertiary/aromatic N) is 1. The fourth-order valence-corrected chi connectivity index (χ4v) is 3.22. The highest BCUT2D eigenvalue weighted by Crippen LogP contribution is 2.30. The number of nitrogens with one attached hydrogen (secondary N) is 1. The summed E-state index contributed by atoms with van der Waals surface area (Å²) in [6.45, 7) is 2.44. The summed E-state index contributed by atoms with van der Waals surface area (Å²) in [7, 11) is 1.55. The van der Waals surface area contributed by atoms with Crippen LogP contribution in [-0.2, 0) is 11.4 Å². The Morgan fingerprint density at radius 2 is 1.87 bits per heavy atom. The number of carbonyl (C=O) groups excluding carboxylic acids is 1. The van der Waals surface area contributed by atoms with Crippen LogP contribution in [0.3, 0.4) is 0 Å². The molecule has 156 valence electrons. The van der Waals surface area contributed by atoms with E-state index in [-0.39, 0.29) is 5.57 Å². The second-order valence-electron chi connectivity index (χ2n) is 6.82. The van der Waals surface area contributed by atoms with Crippen LogP contribution < -0.4 is 14.8 Å². The minimum absolute atomic E-state index is 0.0182. The van der Waals surface area contributed by atoms with Gasteiger partial charge in [0.2, 0.25) is 0 Å². The van der Waals surface area contributed by atoms with Gasteiger partial charge in [-0.25, -0.2) is 0 Å². The molecule has 0 atom stereocenters. The van der Waals surface area contributed by atoms with E-state index in [0.717, 1.165) is 10.0 Å². The van der Waals surface area contributed by atoms with Crippen LogP contribution in [0.15, 0.2) is 76.8 Å². The zero-order chi connectivity index (χ0) is 22.2. The molecule has 0 aliphatic rings. The monoisotopic (exact) mass is 476 g/mol. The van der Waals surface area contributed by atoms with E-state index in [1.54, 1.807) is 43.5 Å². The number of hydrogen-bond acceptors (Lipinski definition) is 4. The molecule has 0 bridgehead atoms. The lowest BCUT2D eigenvalue weighted by atomic mass is 10.1. The highest BCUT2D eigenvalue weighted by Gasteiger charge is 2.11. The normalized spacial score (nSPS) is 10.8. The number of rotatable bonds is 7. The van der Waals surface area contributed by atoms with Gasteiger partial charge in [0.25, 0.3) is 5.91 Å². The van der Waals surface area contributed by atoms with Crippen molar-refractivity contribution in [3.05, 3.63) is 93.5 Å². The molecule has 0 heterocycles. The third kappa shape index (κ3) is 6.21. The van der Waals surface area contributed by atoms with E-state index in [0.29, 0.717) is 29.4 Å². The van der Waals surface area contributed by atoms with Gasteiger partial charge in [-0.1, -0.05) is 57.9 Å². The third-order valence-corrected chi connectivity index (χ3v) is 4.95. The summed E-state index contributed by atoms with van der Waals surface area (Å²) in [5.74, 6) is 0.613. The molecule has 5 nitrogen and oxygen atoms in total. The second kappa shape index (κ2) is 10.5. The van der Waals surface area contributed by atoms with Crippen molar-refractivity contribution in [2.75, 3.05) is 12.4 Å². The number of carbonyl (C=O) groups is 1. The Bertz CT molecular complexity index is 1150. The summed E-state index contributed by atoms with van der Waals surface area (Å²) >= 11 is 3.36. The molecular weight excluding hydrogens is 456 g/mol. The van der Waals surface area contributed by atoms with Gasteiger partial charge in [-0.3, -0.25) is 4.79 Å². The molecule has 3 aromatic carbocycles. The number of anilines is 1.